The zero-order chi connectivity index (χ0) is 34.4. The minimum absolute atomic E-state index is 0.0300. The lowest BCUT2D eigenvalue weighted by molar-refractivity contribution is -0.138. The molecule has 3 saturated carbocycles. The molecule has 3 aliphatic carbocycles. The van der Waals surface area contributed by atoms with Crippen molar-refractivity contribution < 1.29 is 27.9 Å². The number of carbonyl (C=O) groups is 3. The standard InChI is InChI=1S/C35H65N5O6S/c1-4-17-39(18-5-2)35(44)29-22-28(23-30(24-29)47(36,45)46)34(43)37-31(20-26-13-9-7-10-14-26)32(41)25-40(19-6-3)38-33(42)21-27-15-11-8-12-16-27/h26-32,41H,4-25H2,1-3H3,(H,37,43)(H,38,42)(H2,36,45,46). The summed E-state index contributed by atoms with van der Waals surface area (Å²) in [4.78, 5) is 42.3. The Morgan fingerprint density at radius 2 is 1.36 bits per heavy atom. The van der Waals surface area contributed by atoms with E-state index in [1.54, 1.807) is 9.91 Å². The van der Waals surface area contributed by atoms with E-state index in [9.17, 15) is 27.9 Å². The van der Waals surface area contributed by atoms with E-state index in [1.165, 1.54) is 25.7 Å². The molecule has 0 radical (unpaired) electrons. The molecule has 0 aromatic carbocycles. The lowest BCUT2D eigenvalue weighted by Gasteiger charge is -2.37. The number of nitrogens with one attached hydrogen (secondary N) is 2. The van der Waals surface area contributed by atoms with Crippen LogP contribution in [0.3, 0.4) is 0 Å². The maximum absolute atomic E-state index is 14.0. The third kappa shape index (κ3) is 13.2. The average Bonchev–Trinajstić information content (AvgIpc) is 3.04. The van der Waals surface area contributed by atoms with Crippen molar-refractivity contribution in [2.45, 2.75) is 154 Å². The van der Waals surface area contributed by atoms with Crippen LogP contribution in [-0.4, -0.2) is 84.7 Å². The van der Waals surface area contributed by atoms with Gasteiger partial charge in [-0.3, -0.25) is 19.8 Å². The summed E-state index contributed by atoms with van der Waals surface area (Å²) in [6, 6.07) is -0.569. The van der Waals surface area contributed by atoms with Gasteiger partial charge < -0.3 is 15.3 Å². The number of hydrogen-bond acceptors (Lipinski definition) is 7. The Morgan fingerprint density at radius 1 is 0.809 bits per heavy atom. The highest BCUT2D eigenvalue weighted by Gasteiger charge is 2.42. The third-order valence-corrected chi connectivity index (χ3v) is 11.9. The molecule has 5 N–H and O–H groups in total. The molecule has 272 valence electrons. The van der Waals surface area contributed by atoms with Gasteiger partial charge in [0.2, 0.25) is 27.7 Å². The second-order valence-corrected chi connectivity index (χ2v) is 16.6. The molecule has 0 aromatic rings. The van der Waals surface area contributed by atoms with Crippen molar-refractivity contribution in [3.05, 3.63) is 0 Å². The summed E-state index contributed by atoms with van der Waals surface area (Å²) in [6.07, 6.45) is 14.2. The molecule has 3 aliphatic rings. The molecule has 11 nitrogen and oxygen atoms in total. The summed E-state index contributed by atoms with van der Waals surface area (Å²) >= 11 is 0. The maximum atomic E-state index is 14.0. The van der Waals surface area contributed by atoms with E-state index >= 15 is 0 Å². The number of nitrogens with zero attached hydrogens (tertiary/aromatic N) is 2. The number of primary sulfonamides is 1. The normalized spacial score (nSPS) is 24.4. The first-order valence-electron chi connectivity index (χ1n) is 18.8. The van der Waals surface area contributed by atoms with Crippen molar-refractivity contribution in [3.63, 3.8) is 0 Å². The van der Waals surface area contributed by atoms with Crippen LogP contribution in [0.1, 0.15) is 136 Å². The Bertz CT molecular complexity index is 1070. The van der Waals surface area contributed by atoms with Gasteiger partial charge in [0.1, 0.15) is 0 Å². The van der Waals surface area contributed by atoms with E-state index in [0.29, 0.717) is 44.3 Å². The SMILES string of the molecule is CCCN(CC(O)C(CC1CCCCC1)NC(=O)C1CC(C(=O)N(CCC)CCC)CC(S(N)(=O)=O)C1)NC(=O)CC1CCCCC1. The zero-order valence-electron chi connectivity index (χ0n) is 29.5. The van der Waals surface area contributed by atoms with Gasteiger partial charge in [-0.2, -0.15) is 0 Å². The number of carbonyl (C=O) groups excluding carboxylic acids is 3. The molecule has 47 heavy (non-hydrogen) atoms. The van der Waals surface area contributed by atoms with Gasteiger partial charge in [0.05, 0.1) is 17.4 Å². The molecule has 5 unspecified atom stereocenters. The number of nitrogens with two attached hydrogens (primary N) is 1. The largest absolute Gasteiger partial charge is 0.390 e. The van der Waals surface area contributed by atoms with Gasteiger partial charge in [0.15, 0.2) is 0 Å². The van der Waals surface area contributed by atoms with Gasteiger partial charge >= 0.3 is 0 Å². The van der Waals surface area contributed by atoms with Crippen molar-refractivity contribution in [1.82, 2.24) is 20.7 Å². The number of aliphatic hydroxyl groups excluding tert-OH is 1. The fraction of sp³-hybridized carbons (Fsp3) is 0.914. The van der Waals surface area contributed by atoms with Crippen LogP contribution in [0.5, 0.6) is 0 Å². The highest BCUT2D eigenvalue weighted by atomic mass is 32.2. The fourth-order valence-electron chi connectivity index (χ4n) is 8.17. The van der Waals surface area contributed by atoms with Crippen molar-refractivity contribution in [1.29, 1.82) is 0 Å². The predicted molar refractivity (Wildman–Crippen MR) is 185 cm³/mol. The highest BCUT2D eigenvalue weighted by Crippen LogP contribution is 2.35. The molecule has 3 amide bonds. The quantitative estimate of drug-likeness (QED) is 0.157. The molecular weight excluding hydrogens is 618 g/mol. The molecule has 0 aliphatic heterocycles. The van der Waals surface area contributed by atoms with E-state index in [1.807, 2.05) is 20.8 Å². The Morgan fingerprint density at radius 3 is 1.91 bits per heavy atom. The molecule has 0 bridgehead atoms. The van der Waals surface area contributed by atoms with Gasteiger partial charge in [-0.1, -0.05) is 72.1 Å². The third-order valence-electron chi connectivity index (χ3n) is 10.6. The van der Waals surface area contributed by atoms with E-state index in [-0.39, 0.29) is 43.5 Å². The molecular formula is C35H65N5O6S. The summed E-state index contributed by atoms with van der Waals surface area (Å²) in [5.74, 6) is -1.04. The second kappa shape index (κ2) is 20.0. The van der Waals surface area contributed by atoms with E-state index in [0.717, 1.165) is 57.8 Å². The van der Waals surface area contributed by atoms with Gasteiger partial charge in [-0.05, 0) is 69.6 Å². The van der Waals surface area contributed by atoms with Gasteiger partial charge in [0.25, 0.3) is 0 Å². The maximum Gasteiger partial charge on any atom is 0.234 e. The molecule has 5 atom stereocenters. The summed E-state index contributed by atoms with van der Waals surface area (Å²) < 4.78 is 25.1. The van der Waals surface area contributed by atoms with Crippen LogP contribution >= 0.6 is 0 Å². The summed E-state index contributed by atoms with van der Waals surface area (Å²) in [7, 11) is -3.97. The van der Waals surface area contributed by atoms with Crippen LogP contribution in [0.25, 0.3) is 0 Å². The first kappa shape index (κ1) is 39.7. The number of hydrogen-bond donors (Lipinski definition) is 4. The highest BCUT2D eigenvalue weighted by molar-refractivity contribution is 7.89. The number of rotatable bonds is 18. The van der Waals surface area contributed by atoms with Crippen LogP contribution in [0.15, 0.2) is 0 Å². The van der Waals surface area contributed by atoms with Crippen molar-refractivity contribution in [3.8, 4) is 0 Å². The van der Waals surface area contributed by atoms with Crippen molar-refractivity contribution in [2.24, 2.45) is 28.8 Å². The fourth-order valence-corrected chi connectivity index (χ4v) is 9.17. The summed E-state index contributed by atoms with van der Waals surface area (Å²) in [5.41, 5.74) is 3.04. The summed E-state index contributed by atoms with van der Waals surface area (Å²) in [6.45, 7) is 7.95. The molecule has 0 heterocycles. The Kier molecular flexibility index (Phi) is 16.9. The van der Waals surface area contributed by atoms with Crippen LogP contribution < -0.4 is 15.9 Å². The Balaban J connectivity index is 1.75. The monoisotopic (exact) mass is 683 g/mol. The number of aliphatic hydroxyl groups is 1. The van der Waals surface area contributed by atoms with Crippen molar-refractivity contribution >= 4 is 27.7 Å². The van der Waals surface area contributed by atoms with Crippen molar-refractivity contribution in [2.75, 3.05) is 26.2 Å². The van der Waals surface area contributed by atoms with Crippen LogP contribution in [0.2, 0.25) is 0 Å². The summed E-state index contributed by atoms with van der Waals surface area (Å²) in [5, 5.41) is 21.2. The predicted octanol–water partition coefficient (Wildman–Crippen LogP) is 4.24. The molecule has 3 rings (SSSR count). The number of sulfonamides is 1. The Hall–Kier alpha value is -1.76. The lowest BCUT2D eigenvalue weighted by Crippen LogP contribution is -2.55. The molecule has 0 aromatic heterocycles. The number of amides is 3. The van der Waals surface area contributed by atoms with E-state index < -0.39 is 39.3 Å². The minimum atomic E-state index is -3.97. The second-order valence-electron chi connectivity index (χ2n) is 14.7. The van der Waals surface area contributed by atoms with E-state index in [4.69, 9.17) is 5.14 Å². The van der Waals surface area contributed by atoms with Crippen LogP contribution in [-0.2, 0) is 24.4 Å². The van der Waals surface area contributed by atoms with Gasteiger partial charge in [0, 0.05) is 44.4 Å². The Labute approximate surface area is 284 Å². The smallest absolute Gasteiger partial charge is 0.234 e. The lowest BCUT2D eigenvalue weighted by atomic mass is 9.79. The zero-order valence-corrected chi connectivity index (χ0v) is 30.3. The number of hydrazine groups is 1. The van der Waals surface area contributed by atoms with Gasteiger partial charge in [-0.15, -0.1) is 0 Å². The molecule has 0 saturated heterocycles. The topological polar surface area (TPSA) is 162 Å². The molecule has 3 fully saturated rings. The average molecular weight is 684 g/mol. The first-order chi connectivity index (χ1) is 22.4. The molecule has 12 heteroatoms. The van der Waals surface area contributed by atoms with Gasteiger partial charge in [-0.25, -0.2) is 18.6 Å². The molecule has 0 spiro atoms. The van der Waals surface area contributed by atoms with E-state index in [2.05, 4.69) is 10.7 Å². The van der Waals surface area contributed by atoms with Crippen LogP contribution in [0.4, 0.5) is 0 Å². The minimum Gasteiger partial charge on any atom is -0.390 e. The van der Waals surface area contributed by atoms with Crippen LogP contribution in [0, 0.1) is 23.7 Å². The first-order valence-corrected chi connectivity index (χ1v) is 20.4.